The van der Waals surface area contributed by atoms with Crippen LogP contribution in [0.4, 0.5) is 0 Å². The molecule has 0 aliphatic heterocycles. The van der Waals surface area contributed by atoms with Gasteiger partial charge in [-0.2, -0.15) is 5.26 Å². The second kappa shape index (κ2) is 4.02. The first kappa shape index (κ1) is 10.0. The molecule has 0 bridgehead atoms. The first-order valence-corrected chi connectivity index (χ1v) is 3.81. The summed E-state index contributed by atoms with van der Waals surface area (Å²) in [5, 5.41) is 8.77. The molecule has 0 aliphatic carbocycles. The Morgan fingerprint density at radius 1 is 1.36 bits per heavy atom. The zero-order valence-corrected chi connectivity index (χ0v) is 7.97. The molecule has 0 spiro atoms. The second-order valence-corrected chi connectivity index (χ2v) is 3.17. The molecule has 0 atom stereocenters. The smallest absolute Gasteiger partial charge is 0.117 e. The van der Waals surface area contributed by atoms with E-state index in [9.17, 15) is 0 Å². The molecule has 0 saturated carbocycles. The van der Waals surface area contributed by atoms with Crippen LogP contribution in [0.2, 0.25) is 0 Å². The highest BCUT2D eigenvalue weighted by Gasteiger charge is 2.07. The van der Waals surface area contributed by atoms with E-state index in [1.807, 2.05) is 25.8 Å². The van der Waals surface area contributed by atoms with Gasteiger partial charge in [-0.25, -0.2) is 0 Å². The van der Waals surface area contributed by atoms with Crippen LogP contribution in [-0.4, -0.2) is 18.0 Å². The van der Waals surface area contributed by atoms with Crippen LogP contribution in [0.15, 0.2) is 11.3 Å². The fourth-order valence-electron chi connectivity index (χ4n) is 0.802. The summed E-state index contributed by atoms with van der Waals surface area (Å²) >= 11 is 0. The van der Waals surface area contributed by atoms with Crippen LogP contribution in [0.5, 0.6) is 0 Å². The lowest BCUT2D eigenvalue weighted by molar-refractivity contribution is 0.353. The highest BCUT2D eigenvalue weighted by molar-refractivity contribution is 5.24. The predicted molar refractivity (Wildman–Crippen MR) is 46.9 cm³/mol. The maximum atomic E-state index is 8.77. The van der Waals surface area contributed by atoms with Crippen molar-refractivity contribution in [3.63, 3.8) is 0 Å². The van der Waals surface area contributed by atoms with Crippen molar-refractivity contribution in [2.24, 2.45) is 0 Å². The van der Waals surface area contributed by atoms with E-state index >= 15 is 0 Å². The maximum Gasteiger partial charge on any atom is 0.117 e. The topological polar surface area (TPSA) is 27.0 Å². The number of hydrogen-bond acceptors (Lipinski definition) is 2. The predicted octanol–water partition coefficient (Wildman–Crippen LogP) is 2.14. The van der Waals surface area contributed by atoms with Crippen LogP contribution in [0, 0.1) is 11.3 Å². The van der Waals surface area contributed by atoms with Gasteiger partial charge in [-0.1, -0.05) is 0 Å². The van der Waals surface area contributed by atoms with Gasteiger partial charge in [-0.3, -0.25) is 0 Å². The van der Waals surface area contributed by atoms with Crippen molar-refractivity contribution in [2.75, 3.05) is 7.05 Å². The van der Waals surface area contributed by atoms with E-state index < -0.39 is 0 Å². The van der Waals surface area contributed by atoms with Crippen molar-refractivity contribution in [1.82, 2.24) is 4.90 Å². The van der Waals surface area contributed by atoms with E-state index in [1.165, 1.54) is 0 Å². The van der Waals surface area contributed by atoms with E-state index in [0.29, 0.717) is 6.04 Å². The van der Waals surface area contributed by atoms with E-state index in [0.717, 1.165) is 11.3 Å². The summed E-state index contributed by atoms with van der Waals surface area (Å²) in [7, 11) is 1.94. The molecular formula is C9H16N2. The highest BCUT2D eigenvalue weighted by atomic mass is 15.1. The number of rotatable bonds is 2. The van der Waals surface area contributed by atoms with Gasteiger partial charge in [0, 0.05) is 13.1 Å². The monoisotopic (exact) mass is 152 g/mol. The van der Waals surface area contributed by atoms with Gasteiger partial charge in [0.15, 0.2) is 0 Å². The van der Waals surface area contributed by atoms with Gasteiger partial charge in [0.25, 0.3) is 0 Å². The number of allylic oxidation sites excluding steroid dienone is 2. The average molecular weight is 152 g/mol. The van der Waals surface area contributed by atoms with Gasteiger partial charge in [0.1, 0.15) is 11.8 Å². The first-order chi connectivity index (χ1) is 5.00. The molecule has 0 aliphatic rings. The van der Waals surface area contributed by atoms with Crippen molar-refractivity contribution in [1.29, 1.82) is 5.26 Å². The Hall–Kier alpha value is -0.970. The maximum absolute atomic E-state index is 8.77. The Morgan fingerprint density at radius 2 is 1.82 bits per heavy atom. The van der Waals surface area contributed by atoms with Crippen molar-refractivity contribution in [2.45, 2.75) is 33.7 Å². The summed E-state index contributed by atoms with van der Waals surface area (Å²) in [5.41, 5.74) is 1.85. The van der Waals surface area contributed by atoms with E-state index in [1.54, 1.807) is 0 Å². The Morgan fingerprint density at radius 3 is 1.91 bits per heavy atom. The molecule has 0 rings (SSSR count). The first-order valence-electron chi connectivity index (χ1n) is 3.81. The lowest BCUT2D eigenvalue weighted by Crippen LogP contribution is -2.25. The van der Waals surface area contributed by atoms with Crippen LogP contribution in [-0.2, 0) is 0 Å². The molecule has 11 heavy (non-hydrogen) atoms. The molecule has 0 saturated heterocycles. The van der Waals surface area contributed by atoms with Gasteiger partial charge in [-0.05, 0) is 33.3 Å². The van der Waals surface area contributed by atoms with E-state index in [-0.39, 0.29) is 0 Å². The summed E-state index contributed by atoms with van der Waals surface area (Å²) in [6, 6.07) is 2.58. The molecule has 0 fully saturated rings. The third kappa shape index (κ3) is 2.63. The number of hydrogen-bond donors (Lipinski definition) is 0. The quantitative estimate of drug-likeness (QED) is 0.567. The van der Waals surface area contributed by atoms with Crippen LogP contribution in [0.25, 0.3) is 0 Å². The zero-order valence-electron chi connectivity index (χ0n) is 7.97. The van der Waals surface area contributed by atoms with Crippen molar-refractivity contribution >= 4 is 0 Å². The van der Waals surface area contributed by atoms with Gasteiger partial charge < -0.3 is 4.90 Å². The van der Waals surface area contributed by atoms with Gasteiger partial charge >= 0.3 is 0 Å². The van der Waals surface area contributed by atoms with Gasteiger partial charge in [0.2, 0.25) is 0 Å². The van der Waals surface area contributed by atoms with Crippen LogP contribution in [0.3, 0.4) is 0 Å². The fourth-order valence-corrected chi connectivity index (χ4v) is 0.802. The largest absolute Gasteiger partial charge is 0.364 e. The van der Waals surface area contributed by atoms with E-state index in [2.05, 4.69) is 19.9 Å². The third-order valence-electron chi connectivity index (χ3n) is 1.71. The van der Waals surface area contributed by atoms with Crippen LogP contribution < -0.4 is 0 Å². The molecule has 0 aromatic carbocycles. The molecule has 62 valence electrons. The lowest BCUT2D eigenvalue weighted by atomic mass is 10.2. The number of nitriles is 1. The normalized spacial score (nSPS) is 9.18. The van der Waals surface area contributed by atoms with Crippen molar-refractivity contribution in [3.8, 4) is 6.07 Å². The van der Waals surface area contributed by atoms with Crippen LogP contribution >= 0.6 is 0 Å². The summed E-state index contributed by atoms with van der Waals surface area (Å²) in [5.74, 6) is 0. The van der Waals surface area contributed by atoms with Gasteiger partial charge in [-0.15, -0.1) is 0 Å². The molecule has 0 heterocycles. The van der Waals surface area contributed by atoms with E-state index in [4.69, 9.17) is 5.26 Å². The molecule has 2 nitrogen and oxygen atoms in total. The molecule has 0 aromatic rings. The average Bonchev–Trinajstić information content (AvgIpc) is 1.88. The molecule has 0 aromatic heterocycles. The lowest BCUT2D eigenvalue weighted by Gasteiger charge is -2.23. The van der Waals surface area contributed by atoms with Crippen molar-refractivity contribution in [3.05, 3.63) is 11.3 Å². The molecule has 0 amide bonds. The zero-order chi connectivity index (χ0) is 9.02. The minimum Gasteiger partial charge on any atom is -0.364 e. The van der Waals surface area contributed by atoms with Gasteiger partial charge in [0.05, 0.1) is 0 Å². The molecule has 2 heteroatoms. The standard InChI is InChI=1S/C9H16N2/c1-7(2)9(6-10)11(5)8(3)4/h8H,1-5H3. The summed E-state index contributed by atoms with van der Waals surface area (Å²) in [4.78, 5) is 1.98. The molecule has 0 radical (unpaired) electrons. The summed E-state index contributed by atoms with van der Waals surface area (Å²) in [6.07, 6.45) is 0. The Balaban J connectivity index is 4.58. The Kier molecular flexibility index (Phi) is 3.67. The third-order valence-corrected chi connectivity index (χ3v) is 1.71. The fraction of sp³-hybridized carbons (Fsp3) is 0.667. The summed E-state index contributed by atoms with van der Waals surface area (Å²) < 4.78 is 0. The SMILES string of the molecule is CC(C)=C(C#N)N(C)C(C)C. The molecule has 0 unspecified atom stereocenters. The minimum atomic E-state index is 0.388. The molecule has 0 N–H and O–H groups in total. The Labute approximate surface area is 69.1 Å². The second-order valence-electron chi connectivity index (χ2n) is 3.17. The Bertz CT molecular complexity index is 192. The minimum absolute atomic E-state index is 0.388. The van der Waals surface area contributed by atoms with Crippen LogP contribution in [0.1, 0.15) is 27.7 Å². The molecular weight excluding hydrogens is 136 g/mol. The number of nitrogens with zero attached hydrogens (tertiary/aromatic N) is 2. The van der Waals surface area contributed by atoms with Crippen molar-refractivity contribution < 1.29 is 0 Å². The summed E-state index contributed by atoms with van der Waals surface area (Å²) in [6.45, 7) is 8.05. The highest BCUT2D eigenvalue weighted by Crippen LogP contribution is 2.09.